The van der Waals surface area contributed by atoms with Gasteiger partial charge in [0.25, 0.3) is 0 Å². The Labute approximate surface area is 114 Å². The van der Waals surface area contributed by atoms with Gasteiger partial charge in [-0.05, 0) is 31.1 Å². The third-order valence-corrected chi connectivity index (χ3v) is 4.00. The fourth-order valence-electron chi connectivity index (χ4n) is 2.32. The molecule has 0 aliphatic carbocycles. The van der Waals surface area contributed by atoms with Crippen LogP contribution in [0.2, 0.25) is 0 Å². The molecule has 0 saturated heterocycles. The maximum atomic E-state index is 14.1. The average molecular weight is 276 g/mol. The van der Waals surface area contributed by atoms with Gasteiger partial charge in [-0.1, -0.05) is 42.9 Å². The maximum absolute atomic E-state index is 14.1. The first kappa shape index (κ1) is 18.3. The van der Waals surface area contributed by atoms with Gasteiger partial charge in [-0.25, -0.2) is 4.39 Å². The maximum Gasteiger partial charge on any atom is 0.124 e. The number of alkyl halides is 1. The second-order valence-electron chi connectivity index (χ2n) is 5.92. The lowest BCUT2D eigenvalue weighted by molar-refractivity contribution is 0.00626. The Morgan fingerprint density at radius 3 is 2.22 bits per heavy atom. The van der Waals surface area contributed by atoms with E-state index in [1.54, 1.807) is 13.8 Å². The van der Waals surface area contributed by atoms with Crippen molar-refractivity contribution in [1.29, 1.82) is 0 Å². The van der Waals surface area contributed by atoms with Crippen molar-refractivity contribution in [1.82, 2.24) is 0 Å². The van der Waals surface area contributed by atoms with Crippen molar-refractivity contribution in [2.24, 2.45) is 5.41 Å². The number of halogens is 1. The molecule has 0 rings (SSSR count). The standard InChI is InChI=1S/C13H27BFO2P/c1-4-6-7-12(14,17)8-11(3,10-16)9-13(15,18)5-2/h16-17H,4-10,18H2,1-3H3. The third kappa shape index (κ3) is 7.06. The molecule has 4 unspecified atom stereocenters. The normalized spacial score (nSPS) is 21.9. The molecule has 0 amide bonds. The molecule has 0 aromatic rings. The Balaban J connectivity index is 4.65. The van der Waals surface area contributed by atoms with Crippen molar-refractivity contribution >= 4 is 17.1 Å². The molecule has 0 spiro atoms. The minimum atomic E-state index is -1.42. The largest absolute Gasteiger partial charge is 0.400 e. The van der Waals surface area contributed by atoms with Crippen molar-refractivity contribution in [2.75, 3.05) is 6.61 Å². The van der Waals surface area contributed by atoms with Crippen LogP contribution in [0.5, 0.6) is 0 Å². The van der Waals surface area contributed by atoms with Crippen LogP contribution in [0.3, 0.4) is 0 Å². The van der Waals surface area contributed by atoms with Gasteiger partial charge < -0.3 is 10.2 Å². The number of hydrogen-bond donors (Lipinski definition) is 2. The molecule has 0 fully saturated rings. The summed E-state index contributed by atoms with van der Waals surface area (Å²) in [5.41, 5.74) is -2.04. The number of hydrogen-bond acceptors (Lipinski definition) is 2. The highest BCUT2D eigenvalue weighted by atomic mass is 31.0. The minimum Gasteiger partial charge on any atom is -0.400 e. The third-order valence-electron chi connectivity index (χ3n) is 3.39. The fourth-order valence-corrected chi connectivity index (χ4v) is 2.81. The summed E-state index contributed by atoms with van der Waals surface area (Å²) < 4.78 is 14.1. The van der Waals surface area contributed by atoms with E-state index < -0.39 is 16.3 Å². The Kier molecular flexibility index (Phi) is 7.35. The zero-order chi connectivity index (χ0) is 14.4. The second-order valence-corrected chi connectivity index (χ2v) is 6.95. The predicted molar refractivity (Wildman–Crippen MR) is 78.5 cm³/mol. The van der Waals surface area contributed by atoms with E-state index in [4.69, 9.17) is 7.85 Å². The van der Waals surface area contributed by atoms with Crippen LogP contribution in [0.15, 0.2) is 0 Å². The summed E-state index contributed by atoms with van der Waals surface area (Å²) in [6.45, 7) is 5.37. The molecule has 0 saturated carbocycles. The number of rotatable bonds is 9. The lowest BCUT2D eigenvalue weighted by Gasteiger charge is -2.39. The summed E-state index contributed by atoms with van der Waals surface area (Å²) in [5, 5.41) is 18.2. The van der Waals surface area contributed by atoms with Gasteiger partial charge in [0.05, 0.1) is 0 Å². The summed E-state index contributed by atoms with van der Waals surface area (Å²) in [7, 11) is 8.03. The molecule has 2 N–H and O–H groups in total. The molecule has 0 aliphatic rings. The Morgan fingerprint density at radius 1 is 1.28 bits per heavy atom. The van der Waals surface area contributed by atoms with E-state index in [0.29, 0.717) is 12.8 Å². The van der Waals surface area contributed by atoms with E-state index in [1.807, 2.05) is 6.92 Å². The topological polar surface area (TPSA) is 40.5 Å². The van der Waals surface area contributed by atoms with Crippen LogP contribution in [0, 0.1) is 5.41 Å². The van der Waals surface area contributed by atoms with E-state index in [9.17, 15) is 14.6 Å². The van der Waals surface area contributed by atoms with Gasteiger partial charge in [-0.3, -0.25) is 0 Å². The van der Waals surface area contributed by atoms with Crippen molar-refractivity contribution in [3.63, 3.8) is 0 Å². The molecule has 2 nitrogen and oxygen atoms in total. The van der Waals surface area contributed by atoms with Crippen LogP contribution in [0.25, 0.3) is 0 Å². The first-order valence-electron chi connectivity index (χ1n) is 6.70. The fraction of sp³-hybridized carbons (Fsp3) is 1.00. The molecular formula is C13H27BFO2P. The zero-order valence-electron chi connectivity index (χ0n) is 11.9. The summed E-state index contributed by atoms with van der Waals surface area (Å²) in [5.74, 6) is 0. The van der Waals surface area contributed by atoms with E-state index in [0.717, 1.165) is 12.8 Å². The summed E-state index contributed by atoms with van der Waals surface area (Å²) >= 11 is 0. The Bertz CT molecular complexity index is 249. The lowest BCUT2D eigenvalue weighted by atomic mass is 9.65. The highest BCUT2D eigenvalue weighted by molar-refractivity contribution is 7.18. The van der Waals surface area contributed by atoms with Crippen molar-refractivity contribution < 1.29 is 14.6 Å². The first-order valence-corrected chi connectivity index (χ1v) is 7.27. The van der Waals surface area contributed by atoms with Gasteiger partial charge in [-0.2, -0.15) is 0 Å². The average Bonchev–Trinajstić information content (AvgIpc) is 2.25. The highest BCUT2D eigenvalue weighted by Gasteiger charge is 2.38. The quantitative estimate of drug-likeness (QED) is 0.502. The van der Waals surface area contributed by atoms with Gasteiger partial charge in [-0.15, -0.1) is 0 Å². The number of aliphatic hydroxyl groups excluding tert-OH is 1. The van der Waals surface area contributed by atoms with Gasteiger partial charge >= 0.3 is 0 Å². The number of aliphatic hydroxyl groups is 2. The summed E-state index contributed by atoms with van der Waals surface area (Å²) in [6.07, 6.45) is 2.97. The Morgan fingerprint density at radius 2 is 1.83 bits per heavy atom. The molecule has 4 atom stereocenters. The van der Waals surface area contributed by atoms with Crippen LogP contribution < -0.4 is 0 Å². The number of unbranched alkanes of at least 4 members (excludes halogenated alkanes) is 1. The lowest BCUT2D eigenvalue weighted by Crippen LogP contribution is -2.40. The summed E-state index contributed by atoms with van der Waals surface area (Å²) in [6, 6.07) is 0. The van der Waals surface area contributed by atoms with Gasteiger partial charge in [0, 0.05) is 12.1 Å². The molecule has 5 heteroatoms. The highest BCUT2D eigenvalue weighted by Crippen LogP contribution is 2.42. The molecule has 18 heavy (non-hydrogen) atoms. The zero-order valence-corrected chi connectivity index (χ0v) is 13.0. The molecule has 106 valence electrons. The van der Waals surface area contributed by atoms with E-state index in [2.05, 4.69) is 9.24 Å². The minimum absolute atomic E-state index is 0.170. The van der Waals surface area contributed by atoms with E-state index in [-0.39, 0.29) is 19.4 Å². The van der Waals surface area contributed by atoms with Crippen LogP contribution >= 0.6 is 9.24 Å². The monoisotopic (exact) mass is 276 g/mol. The molecule has 2 radical (unpaired) electrons. The van der Waals surface area contributed by atoms with Crippen molar-refractivity contribution in [3.8, 4) is 0 Å². The molecule has 0 aromatic heterocycles. The second kappa shape index (κ2) is 7.21. The van der Waals surface area contributed by atoms with Crippen LogP contribution in [0.1, 0.15) is 59.3 Å². The van der Waals surface area contributed by atoms with Crippen molar-refractivity contribution in [3.05, 3.63) is 0 Å². The van der Waals surface area contributed by atoms with Crippen LogP contribution in [-0.4, -0.2) is 35.6 Å². The molecule has 0 heterocycles. The molecule has 0 aliphatic heterocycles. The summed E-state index contributed by atoms with van der Waals surface area (Å²) in [4.78, 5) is 0. The van der Waals surface area contributed by atoms with Gasteiger partial charge in [0.15, 0.2) is 0 Å². The van der Waals surface area contributed by atoms with Gasteiger partial charge in [0.1, 0.15) is 13.3 Å². The smallest absolute Gasteiger partial charge is 0.124 e. The van der Waals surface area contributed by atoms with Crippen LogP contribution in [-0.2, 0) is 0 Å². The first-order chi connectivity index (χ1) is 8.10. The van der Waals surface area contributed by atoms with E-state index >= 15 is 0 Å². The van der Waals surface area contributed by atoms with E-state index in [1.165, 1.54) is 0 Å². The van der Waals surface area contributed by atoms with Crippen molar-refractivity contribution in [2.45, 2.75) is 70.2 Å². The van der Waals surface area contributed by atoms with Crippen LogP contribution in [0.4, 0.5) is 4.39 Å². The molecule has 0 bridgehead atoms. The SMILES string of the molecule is [B]C(O)(CCCC)CC(C)(CO)CC(F)(P)CC. The predicted octanol–water partition coefficient (Wildman–Crippen LogP) is 2.76. The van der Waals surface area contributed by atoms with Gasteiger partial charge in [0.2, 0.25) is 0 Å². The Hall–Kier alpha value is 0.345. The molecule has 0 aromatic carbocycles. The molecular weight excluding hydrogens is 249 g/mol.